The number of hydrogen-bond donors (Lipinski definition) is 0. The molecule has 1 amide bonds. The fraction of sp³-hybridized carbons (Fsp3) is 0.526. The first-order chi connectivity index (χ1) is 10.7. The molecule has 3 heteroatoms. The van der Waals surface area contributed by atoms with Gasteiger partial charge in [-0.15, -0.1) is 0 Å². The summed E-state index contributed by atoms with van der Waals surface area (Å²) in [4.78, 5) is 15.2. The maximum atomic E-state index is 13.4. The molecule has 1 aliphatic heterocycles. The van der Waals surface area contributed by atoms with E-state index in [9.17, 15) is 9.18 Å². The Morgan fingerprint density at radius 3 is 3.09 bits per heavy atom. The van der Waals surface area contributed by atoms with Crippen LogP contribution in [0, 0.1) is 23.1 Å². The first-order valence-electron chi connectivity index (χ1n) is 8.46. The molecule has 0 saturated heterocycles. The number of carbonyl (C=O) groups is 1. The van der Waals surface area contributed by atoms with Gasteiger partial charge >= 0.3 is 0 Å². The van der Waals surface area contributed by atoms with Gasteiger partial charge in [0, 0.05) is 12.2 Å². The van der Waals surface area contributed by atoms with Gasteiger partial charge in [0.1, 0.15) is 5.82 Å². The highest BCUT2D eigenvalue weighted by Crippen LogP contribution is 2.61. The van der Waals surface area contributed by atoms with Gasteiger partial charge in [-0.3, -0.25) is 4.79 Å². The second kappa shape index (κ2) is 4.21. The third kappa shape index (κ3) is 1.57. The number of halogens is 1. The second-order valence-corrected chi connectivity index (χ2v) is 7.56. The van der Waals surface area contributed by atoms with E-state index < -0.39 is 0 Å². The average Bonchev–Trinajstić information content (AvgIpc) is 3.14. The molecule has 114 valence electrons. The number of nitrogens with zero attached hydrogens (tertiary/aromatic N) is 1. The van der Waals surface area contributed by atoms with E-state index in [1.165, 1.54) is 18.9 Å². The predicted octanol–water partition coefficient (Wildman–Crippen LogP) is 3.85. The molecular formula is C19H20FNO. The van der Waals surface area contributed by atoms with Gasteiger partial charge in [0.15, 0.2) is 0 Å². The number of carbonyl (C=O) groups excluding carboxylic acids is 1. The van der Waals surface area contributed by atoms with Gasteiger partial charge in [-0.05, 0) is 74.1 Å². The quantitative estimate of drug-likeness (QED) is 0.721. The Morgan fingerprint density at radius 2 is 2.18 bits per heavy atom. The highest BCUT2D eigenvalue weighted by atomic mass is 19.1. The zero-order valence-electron chi connectivity index (χ0n) is 12.6. The Bertz CT molecular complexity index is 709. The largest absolute Gasteiger partial charge is 0.311 e. The summed E-state index contributed by atoms with van der Waals surface area (Å²) >= 11 is 0. The minimum Gasteiger partial charge on any atom is -0.311 e. The van der Waals surface area contributed by atoms with Crippen LogP contribution in [-0.2, 0) is 11.2 Å². The zero-order chi connectivity index (χ0) is 14.9. The summed E-state index contributed by atoms with van der Waals surface area (Å²) < 4.78 is 13.4. The van der Waals surface area contributed by atoms with Crippen LogP contribution in [0.2, 0.25) is 0 Å². The van der Waals surface area contributed by atoms with Gasteiger partial charge in [-0.25, -0.2) is 4.39 Å². The van der Waals surface area contributed by atoms with E-state index in [1.54, 1.807) is 17.7 Å². The normalized spacial score (nSPS) is 34.8. The van der Waals surface area contributed by atoms with E-state index in [1.807, 2.05) is 4.90 Å². The number of allylic oxidation sites excluding steroid dienone is 2. The Morgan fingerprint density at radius 1 is 1.27 bits per heavy atom. The first kappa shape index (κ1) is 12.9. The molecule has 22 heavy (non-hydrogen) atoms. The molecule has 0 aromatic heterocycles. The second-order valence-electron chi connectivity index (χ2n) is 7.56. The molecule has 3 aliphatic carbocycles. The van der Waals surface area contributed by atoms with Crippen LogP contribution >= 0.6 is 0 Å². The summed E-state index contributed by atoms with van der Waals surface area (Å²) in [6.45, 7) is 0.714. The van der Waals surface area contributed by atoms with Crippen LogP contribution in [0.1, 0.15) is 37.7 Å². The van der Waals surface area contributed by atoms with E-state index >= 15 is 0 Å². The van der Waals surface area contributed by atoms with Gasteiger partial charge in [0.2, 0.25) is 5.91 Å². The summed E-state index contributed by atoms with van der Waals surface area (Å²) in [5.41, 5.74) is 3.37. The molecule has 0 N–H and O–H groups in total. The van der Waals surface area contributed by atoms with Crippen molar-refractivity contribution in [2.75, 3.05) is 11.4 Å². The third-order valence-corrected chi connectivity index (χ3v) is 6.50. The Kier molecular flexibility index (Phi) is 2.46. The predicted molar refractivity (Wildman–Crippen MR) is 83.0 cm³/mol. The van der Waals surface area contributed by atoms with Crippen LogP contribution in [0.15, 0.2) is 29.8 Å². The van der Waals surface area contributed by atoms with Crippen molar-refractivity contribution < 1.29 is 9.18 Å². The number of anilines is 1. The summed E-state index contributed by atoms with van der Waals surface area (Å²) in [7, 11) is 0. The SMILES string of the molecule is O=C(N1CCc2cc(F)ccc21)C12CC=C3CCC(C1)C3C2. The number of benzene rings is 1. The van der Waals surface area contributed by atoms with Crippen molar-refractivity contribution in [3.05, 3.63) is 41.2 Å². The number of rotatable bonds is 1. The van der Waals surface area contributed by atoms with E-state index in [-0.39, 0.29) is 11.2 Å². The van der Waals surface area contributed by atoms with Gasteiger partial charge in [-0.1, -0.05) is 11.6 Å². The Hall–Kier alpha value is -1.64. The molecule has 3 unspecified atom stereocenters. The molecule has 3 atom stereocenters. The monoisotopic (exact) mass is 297 g/mol. The fourth-order valence-electron chi connectivity index (χ4n) is 5.47. The van der Waals surface area contributed by atoms with E-state index in [2.05, 4.69) is 6.08 Å². The van der Waals surface area contributed by atoms with Crippen LogP contribution in [0.4, 0.5) is 10.1 Å². The molecule has 0 radical (unpaired) electrons. The Balaban J connectivity index is 1.50. The summed E-state index contributed by atoms with van der Waals surface area (Å²) in [5, 5.41) is 0. The third-order valence-electron chi connectivity index (χ3n) is 6.50. The zero-order valence-corrected chi connectivity index (χ0v) is 12.6. The van der Waals surface area contributed by atoms with Gasteiger partial charge in [0.25, 0.3) is 0 Å². The van der Waals surface area contributed by atoms with Gasteiger partial charge in [-0.2, -0.15) is 0 Å². The summed E-state index contributed by atoms with van der Waals surface area (Å²) in [5.74, 6) is 1.50. The molecule has 0 spiro atoms. The van der Waals surface area contributed by atoms with E-state index in [0.717, 1.165) is 42.9 Å². The lowest BCUT2D eigenvalue weighted by Crippen LogP contribution is -2.43. The summed E-state index contributed by atoms with van der Waals surface area (Å²) in [6, 6.07) is 4.85. The van der Waals surface area contributed by atoms with Crippen LogP contribution in [0.3, 0.4) is 0 Å². The molecule has 1 heterocycles. The van der Waals surface area contributed by atoms with Crippen LogP contribution < -0.4 is 4.90 Å². The smallest absolute Gasteiger partial charge is 0.233 e. The van der Waals surface area contributed by atoms with Gasteiger partial charge in [0.05, 0.1) is 5.41 Å². The number of hydrogen-bond acceptors (Lipinski definition) is 1. The lowest BCUT2D eigenvalue weighted by atomic mass is 9.75. The average molecular weight is 297 g/mol. The van der Waals surface area contributed by atoms with Crippen LogP contribution in [0.25, 0.3) is 0 Å². The Labute approximate surface area is 130 Å². The van der Waals surface area contributed by atoms with E-state index in [0.29, 0.717) is 18.4 Å². The van der Waals surface area contributed by atoms with Crippen molar-refractivity contribution in [2.45, 2.75) is 38.5 Å². The molecule has 4 aliphatic rings. The first-order valence-corrected chi connectivity index (χ1v) is 8.46. The molecular weight excluding hydrogens is 277 g/mol. The van der Waals surface area contributed by atoms with Crippen LogP contribution in [0.5, 0.6) is 0 Å². The highest BCUT2D eigenvalue weighted by Gasteiger charge is 2.56. The summed E-state index contributed by atoms with van der Waals surface area (Å²) in [6.07, 6.45) is 8.70. The number of fused-ring (bicyclic) bond motifs is 2. The lowest BCUT2D eigenvalue weighted by molar-refractivity contribution is -0.128. The maximum Gasteiger partial charge on any atom is 0.233 e. The molecule has 2 saturated carbocycles. The van der Waals surface area contributed by atoms with Crippen molar-refractivity contribution in [2.24, 2.45) is 17.3 Å². The standard InChI is InChI=1S/C19H20FNO/c20-15-3-4-17-13(9-15)6-8-21(17)18(22)19-7-5-12-1-2-14(10-19)16(12)11-19/h3-5,9,14,16H,1-2,6-8,10-11H2. The van der Waals surface area contributed by atoms with Crippen LogP contribution in [-0.4, -0.2) is 12.5 Å². The fourth-order valence-corrected chi connectivity index (χ4v) is 5.47. The minimum absolute atomic E-state index is 0.171. The highest BCUT2D eigenvalue weighted by molar-refractivity contribution is 6.00. The van der Waals surface area contributed by atoms with E-state index in [4.69, 9.17) is 0 Å². The molecule has 1 aromatic rings. The molecule has 5 rings (SSSR count). The lowest BCUT2D eigenvalue weighted by Gasteiger charge is -2.35. The number of amides is 1. The molecule has 2 bridgehead atoms. The van der Waals surface area contributed by atoms with Crippen molar-refractivity contribution in [1.29, 1.82) is 0 Å². The maximum absolute atomic E-state index is 13.4. The van der Waals surface area contributed by atoms with Crippen molar-refractivity contribution >= 4 is 11.6 Å². The van der Waals surface area contributed by atoms with Gasteiger partial charge < -0.3 is 4.90 Å². The van der Waals surface area contributed by atoms with Crippen molar-refractivity contribution in [1.82, 2.24) is 0 Å². The topological polar surface area (TPSA) is 20.3 Å². The molecule has 2 nitrogen and oxygen atoms in total. The van der Waals surface area contributed by atoms with Crippen molar-refractivity contribution in [3.8, 4) is 0 Å². The minimum atomic E-state index is -0.202. The molecule has 1 aromatic carbocycles. The molecule has 2 fully saturated rings. The van der Waals surface area contributed by atoms with Crippen molar-refractivity contribution in [3.63, 3.8) is 0 Å².